The molecule has 5 aromatic rings. The lowest BCUT2D eigenvalue weighted by Gasteiger charge is -2.29. The summed E-state index contributed by atoms with van der Waals surface area (Å²) < 4.78 is 11.8. The lowest BCUT2D eigenvalue weighted by molar-refractivity contribution is -0.00133. The molecule has 2 aliphatic rings. The zero-order valence-corrected chi connectivity index (χ0v) is 37.6. The number of carbonyl (C=O) groups is 2. The van der Waals surface area contributed by atoms with Crippen molar-refractivity contribution >= 4 is 11.9 Å². The maximum atomic E-state index is 13.5. The van der Waals surface area contributed by atoms with Gasteiger partial charge in [-0.1, -0.05) is 181 Å². The Morgan fingerprint density at radius 1 is 0.468 bits per heavy atom. The lowest BCUT2D eigenvalue weighted by Crippen LogP contribution is -2.19. The summed E-state index contributed by atoms with van der Waals surface area (Å²) in [7, 11) is 0. The van der Waals surface area contributed by atoms with Gasteiger partial charge in [-0.2, -0.15) is 0 Å². The molecule has 5 aromatic carbocycles. The summed E-state index contributed by atoms with van der Waals surface area (Å²) in [5, 5.41) is 0. The second kappa shape index (κ2) is 23.5. The molecule has 326 valence electrons. The van der Waals surface area contributed by atoms with Crippen LogP contribution in [0.1, 0.15) is 185 Å². The Morgan fingerprint density at radius 2 is 0.871 bits per heavy atom. The third-order valence-electron chi connectivity index (χ3n) is 14.1. The molecule has 4 nitrogen and oxygen atoms in total. The summed E-state index contributed by atoms with van der Waals surface area (Å²) in [6.45, 7) is 4.48. The van der Waals surface area contributed by atoms with E-state index in [1.165, 1.54) is 127 Å². The highest BCUT2D eigenvalue weighted by atomic mass is 16.6. The molecule has 7 rings (SSSR count). The Balaban J connectivity index is 0.891. The molecule has 0 aromatic heterocycles. The summed E-state index contributed by atoms with van der Waals surface area (Å²) in [4.78, 5) is 26.8. The molecule has 0 radical (unpaired) electrons. The molecule has 2 aliphatic carbocycles. The van der Waals surface area contributed by atoms with Crippen molar-refractivity contribution in [1.29, 1.82) is 0 Å². The summed E-state index contributed by atoms with van der Waals surface area (Å²) in [5.74, 6) is 2.22. The molecule has 62 heavy (non-hydrogen) atoms. The van der Waals surface area contributed by atoms with Crippen LogP contribution in [0.2, 0.25) is 0 Å². The van der Waals surface area contributed by atoms with Crippen molar-refractivity contribution in [3.63, 3.8) is 0 Å². The second-order valence-corrected chi connectivity index (χ2v) is 18.4. The number of ether oxygens (including phenoxy) is 2. The molecule has 0 amide bonds. The molecular formula is C58H70O4. The van der Waals surface area contributed by atoms with Crippen LogP contribution in [-0.4, -0.2) is 18.5 Å². The standard InChI is InChI=1S/C58H70O4/c1-3-5-7-10-14-43-18-22-45(23-19-43)47-26-30-49(31-27-47)51-34-38-54(39-35-51)57(59)61-42-56(53-16-12-9-13-17-53)62-58(60)55-40-36-52(37-41-55)50-32-28-48(29-33-50)46-24-20-44(21-25-46)15-11-8-6-4-2/h9,12-13,16-17,26-41,43-46,56H,3-8,10-11,14-15,18-25,42H2,1-2H3. The topological polar surface area (TPSA) is 52.6 Å². The monoisotopic (exact) mass is 831 g/mol. The number of rotatable bonds is 20. The van der Waals surface area contributed by atoms with Crippen molar-refractivity contribution in [3.8, 4) is 22.3 Å². The van der Waals surface area contributed by atoms with Crippen molar-refractivity contribution in [2.45, 2.75) is 147 Å². The largest absolute Gasteiger partial charge is 0.458 e. The number of carbonyl (C=O) groups excluding carboxylic acids is 2. The van der Waals surface area contributed by atoms with E-state index in [0.717, 1.165) is 39.7 Å². The highest BCUT2D eigenvalue weighted by molar-refractivity contribution is 5.91. The van der Waals surface area contributed by atoms with E-state index in [4.69, 9.17) is 9.47 Å². The smallest absolute Gasteiger partial charge is 0.338 e. The normalized spacial score (nSPS) is 19.4. The summed E-state index contributed by atoms with van der Waals surface area (Å²) >= 11 is 0. The van der Waals surface area contributed by atoms with E-state index in [1.807, 2.05) is 78.9 Å². The average Bonchev–Trinajstić information content (AvgIpc) is 3.34. The first-order valence-corrected chi connectivity index (χ1v) is 24.3. The zero-order valence-electron chi connectivity index (χ0n) is 37.6. The van der Waals surface area contributed by atoms with E-state index in [-0.39, 0.29) is 6.61 Å². The quantitative estimate of drug-likeness (QED) is 0.0579. The fourth-order valence-corrected chi connectivity index (χ4v) is 10.1. The van der Waals surface area contributed by atoms with Gasteiger partial charge in [0.15, 0.2) is 6.10 Å². The Morgan fingerprint density at radius 3 is 1.29 bits per heavy atom. The van der Waals surface area contributed by atoms with Crippen LogP contribution >= 0.6 is 0 Å². The van der Waals surface area contributed by atoms with Gasteiger partial charge >= 0.3 is 11.9 Å². The van der Waals surface area contributed by atoms with Crippen LogP contribution in [0.4, 0.5) is 0 Å². The van der Waals surface area contributed by atoms with Crippen LogP contribution in [0.25, 0.3) is 22.3 Å². The van der Waals surface area contributed by atoms with E-state index in [2.05, 4.69) is 62.4 Å². The van der Waals surface area contributed by atoms with Gasteiger partial charge in [0.1, 0.15) is 6.61 Å². The van der Waals surface area contributed by atoms with E-state index < -0.39 is 18.0 Å². The van der Waals surface area contributed by atoms with Crippen LogP contribution in [0, 0.1) is 11.8 Å². The van der Waals surface area contributed by atoms with Crippen molar-refractivity contribution in [2.75, 3.05) is 6.61 Å². The minimum atomic E-state index is -0.755. The van der Waals surface area contributed by atoms with Gasteiger partial charge in [0.05, 0.1) is 11.1 Å². The molecule has 0 N–H and O–H groups in total. The molecule has 2 fully saturated rings. The van der Waals surface area contributed by atoms with Crippen LogP contribution in [0.15, 0.2) is 127 Å². The van der Waals surface area contributed by atoms with Crippen LogP contribution in [0.3, 0.4) is 0 Å². The van der Waals surface area contributed by atoms with Gasteiger partial charge in [0.2, 0.25) is 0 Å². The first-order chi connectivity index (χ1) is 30.5. The van der Waals surface area contributed by atoms with E-state index in [9.17, 15) is 9.59 Å². The van der Waals surface area contributed by atoms with Gasteiger partial charge in [0, 0.05) is 0 Å². The predicted octanol–water partition coefficient (Wildman–Crippen LogP) is 16.3. The molecule has 0 spiro atoms. The lowest BCUT2D eigenvalue weighted by atomic mass is 9.77. The van der Waals surface area contributed by atoms with E-state index in [1.54, 1.807) is 0 Å². The minimum Gasteiger partial charge on any atom is -0.458 e. The number of unbranched alkanes of at least 4 members (excludes halogenated alkanes) is 6. The zero-order chi connectivity index (χ0) is 42.9. The number of esters is 2. The van der Waals surface area contributed by atoms with Gasteiger partial charge in [-0.25, -0.2) is 9.59 Å². The van der Waals surface area contributed by atoms with Crippen molar-refractivity contribution in [1.82, 2.24) is 0 Å². The maximum Gasteiger partial charge on any atom is 0.338 e. The second-order valence-electron chi connectivity index (χ2n) is 18.4. The SMILES string of the molecule is CCCCCCC1CCC(c2ccc(-c3ccc(C(=O)OCC(OC(=O)c4ccc(-c5ccc(C6CCC(CCCCCC)CC6)cc5)cc4)c4ccccc4)cc3)cc2)CC1. The van der Waals surface area contributed by atoms with Crippen LogP contribution < -0.4 is 0 Å². The highest BCUT2D eigenvalue weighted by Gasteiger charge is 2.24. The number of hydrogen-bond acceptors (Lipinski definition) is 4. The maximum absolute atomic E-state index is 13.5. The van der Waals surface area contributed by atoms with Crippen molar-refractivity contribution in [3.05, 3.63) is 155 Å². The molecule has 1 atom stereocenters. The average molecular weight is 831 g/mol. The molecule has 0 bridgehead atoms. The molecule has 0 saturated heterocycles. The summed E-state index contributed by atoms with van der Waals surface area (Å²) in [6, 6.07) is 42.7. The Labute approximate surface area is 372 Å². The fourth-order valence-electron chi connectivity index (χ4n) is 10.1. The Hall–Kier alpha value is -4.96. The van der Waals surface area contributed by atoms with Crippen LogP contribution in [-0.2, 0) is 9.47 Å². The van der Waals surface area contributed by atoms with E-state index >= 15 is 0 Å². The fraction of sp³-hybridized carbons (Fsp3) is 0.448. The van der Waals surface area contributed by atoms with Gasteiger partial charge in [-0.3, -0.25) is 0 Å². The van der Waals surface area contributed by atoms with Gasteiger partial charge < -0.3 is 9.47 Å². The highest BCUT2D eigenvalue weighted by Crippen LogP contribution is 2.40. The summed E-state index contributed by atoms with van der Waals surface area (Å²) in [6.07, 6.45) is 23.6. The van der Waals surface area contributed by atoms with Gasteiger partial charge in [-0.05, 0) is 138 Å². The molecule has 1 unspecified atom stereocenters. The van der Waals surface area contributed by atoms with Crippen molar-refractivity contribution < 1.29 is 19.1 Å². The molecule has 2 saturated carbocycles. The van der Waals surface area contributed by atoms with Gasteiger partial charge in [0.25, 0.3) is 0 Å². The Kier molecular flexibility index (Phi) is 17.1. The van der Waals surface area contributed by atoms with Gasteiger partial charge in [-0.15, -0.1) is 0 Å². The predicted molar refractivity (Wildman–Crippen MR) is 256 cm³/mol. The molecule has 0 aliphatic heterocycles. The molecule has 4 heteroatoms. The number of benzene rings is 5. The van der Waals surface area contributed by atoms with Crippen molar-refractivity contribution in [2.24, 2.45) is 11.8 Å². The summed E-state index contributed by atoms with van der Waals surface area (Å²) in [5.41, 5.74) is 8.95. The minimum absolute atomic E-state index is 0.0936. The third kappa shape index (κ3) is 12.8. The third-order valence-corrected chi connectivity index (χ3v) is 14.1. The Bertz CT molecular complexity index is 2070. The first-order valence-electron chi connectivity index (χ1n) is 24.3. The van der Waals surface area contributed by atoms with Crippen LogP contribution in [0.5, 0.6) is 0 Å². The molecule has 0 heterocycles. The number of hydrogen-bond donors (Lipinski definition) is 0. The first kappa shape index (κ1) is 45.1. The van der Waals surface area contributed by atoms with E-state index in [0.29, 0.717) is 23.0 Å². The molecular weight excluding hydrogens is 761 g/mol.